The van der Waals surface area contributed by atoms with Gasteiger partial charge in [0.1, 0.15) is 5.75 Å². The lowest BCUT2D eigenvalue weighted by Gasteiger charge is -2.27. The molecule has 0 amide bonds. The van der Waals surface area contributed by atoms with Crippen LogP contribution in [0, 0.1) is 11.8 Å². The standard InChI is InChI=1S/C15H21N3O/c1-19-15-8-6-13(7-9-15)10-12-2-4-14(5-3-12)11-17-18-16/h6-9,12,14H,2-5,10-11H2,1H3/t12-,14+. The van der Waals surface area contributed by atoms with Gasteiger partial charge in [-0.15, -0.1) is 0 Å². The van der Waals surface area contributed by atoms with Gasteiger partial charge in [-0.1, -0.05) is 30.1 Å². The van der Waals surface area contributed by atoms with Gasteiger partial charge in [-0.25, -0.2) is 0 Å². The maximum atomic E-state index is 8.33. The van der Waals surface area contributed by atoms with Crippen LogP contribution < -0.4 is 4.74 Å². The fourth-order valence-corrected chi connectivity index (χ4v) is 2.87. The van der Waals surface area contributed by atoms with E-state index in [-0.39, 0.29) is 0 Å². The van der Waals surface area contributed by atoms with Crippen LogP contribution in [0.5, 0.6) is 5.75 Å². The molecule has 0 spiro atoms. The second kappa shape index (κ2) is 7.05. The zero-order valence-corrected chi connectivity index (χ0v) is 11.5. The Morgan fingerprint density at radius 2 is 1.79 bits per heavy atom. The quantitative estimate of drug-likeness (QED) is 0.440. The average molecular weight is 259 g/mol. The minimum atomic E-state index is 0.600. The summed E-state index contributed by atoms with van der Waals surface area (Å²) in [5.41, 5.74) is 9.72. The molecule has 0 heterocycles. The van der Waals surface area contributed by atoms with Crippen molar-refractivity contribution in [1.29, 1.82) is 0 Å². The van der Waals surface area contributed by atoms with E-state index in [1.807, 2.05) is 12.1 Å². The molecule has 4 heteroatoms. The van der Waals surface area contributed by atoms with Gasteiger partial charge in [-0.2, -0.15) is 0 Å². The number of rotatable bonds is 5. The van der Waals surface area contributed by atoms with Crippen LogP contribution in [0.2, 0.25) is 0 Å². The predicted molar refractivity (Wildman–Crippen MR) is 76.2 cm³/mol. The Hall–Kier alpha value is -1.67. The average Bonchev–Trinajstić information content (AvgIpc) is 2.47. The maximum Gasteiger partial charge on any atom is 0.118 e. The second-order valence-electron chi connectivity index (χ2n) is 5.35. The van der Waals surface area contributed by atoms with Gasteiger partial charge < -0.3 is 4.74 Å². The maximum absolute atomic E-state index is 8.33. The monoisotopic (exact) mass is 259 g/mol. The van der Waals surface area contributed by atoms with E-state index in [0.717, 1.165) is 18.1 Å². The summed E-state index contributed by atoms with van der Waals surface area (Å²) in [6.45, 7) is 0.672. The van der Waals surface area contributed by atoms with Gasteiger partial charge in [-0.3, -0.25) is 0 Å². The number of methoxy groups -OCH3 is 1. The van der Waals surface area contributed by atoms with Crippen molar-refractivity contribution in [2.24, 2.45) is 17.0 Å². The number of hydrogen-bond donors (Lipinski definition) is 0. The van der Waals surface area contributed by atoms with Crippen molar-refractivity contribution in [2.45, 2.75) is 32.1 Å². The van der Waals surface area contributed by atoms with Gasteiger partial charge in [0, 0.05) is 11.5 Å². The molecule has 0 N–H and O–H groups in total. The smallest absolute Gasteiger partial charge is 0.118 e. The van der Waals surface area contributed by atoms with E-state index in [2.05, 4.69) is 22.2 Å². The number of azide groups is 1. The molecule has 4 nitrogen and oxygen atoms in total. The Bertz CT molecular complexity index is 429. The Morgan fingerprint density at radius 3 is 2.37 bits per heavy atom. The molecule has 102 valence electrons. The molecule has 1 fully saturated rings. The summed E-state index contributed by atoms with van der Waals surface area (Å²) in [4.78, 5) is 2.85. The van der Waals surface area contributed by atoms with Gasteiger partial charge in [0.25, 0.3) is 0 Å². The highest BCUT2D eigenvalue weighted by Crippen LogP contribution is 2.31. The van der Waals surface area contributed by atoms with Crippen LogP contribution in [0.25, 0.3) is 10.4 Å². The normalized spacial score (nSPS) is 22.6. The summed E-state index contributed by atoms with van der Waals surface area (Å²) in [6.07, 6.45) is 6.03. The summed E-state index contributed by atoms with van der Waals surface area (Å²) < 4.78 is 5.17. The molecule has 0 radical (unpaired) electrons. The van der Waals surface area contributed by atoms with Gasteiger partial charge in [0.15, 0.2) is 0 Å². The largest absolute Gasteiger partial charge is 0.497 e. The molecule has 1 aliphatic carbocycles. The highest BCUT2D eigenvalue weighted by Gasteiger charge is 2.20. The van der Waals surface area contributed by atoms with Crippen molar-refractivity contribution < 1.29 is 4.74 Å². The Balaban J connectivity index is 1.79. The number of hydrogen-bond acceptors (Lipinski definition) is 2. The van der Waals surface area contributed by atoms with E-state index in [1.54, 1.807) is 7.11 Å². The lowest BCUT2D eigenvalue weighted by molar-refractivity contribution is 0.278. The van der Waals surface area contributed by atoms with E-state index >= 15 is 0 Å². The SMILES string of the molecule is COc1ccc(C[C@H]2CC[C@@H](CN=[N+]=[N-])CC2)cc1. The summed E-state index contributed by atoms with van der Waals surface area (Å²) in [5.74, 6) is 2.29. The molecule has 1 saturated carbocycles. The first kappa shape index (κ1) is 13.8. The third-order valence-electron chi connectivity index (χ3n) is 4.05. The molecule has 0 bridgehead atoms. The third-order valence-corrected chi connectivity index (χ3v) is 4.05. The van der Waals surface area contributed by atoms with Gasteiger partial charge >= 0.3 is 0 Å². The minimum Gasteiger partial charge on any atom is -0.497 e. The van der Waals surface area contributed by atoms with Crippen molar-refractivity contribution in [2.75, 3.05) is 13.7 Å². The number of benzene rings is 1. The van der Waals surface area contributed by atoms with E-state index in [0.29, 0.717) is 12.5 Å². The van der Waals surface area contributed by atoms with Gasteiger partial charge in [-0.05, 0) is 54.3 Å². The lowest BCUT2D eigenvalue weighted by Crippen LogP contribution is -2.18. The molecule has 1 aliphatic rings. The zero-order valence-electron chi connectivity index (χ0n) is 11.5. The summed E-state index contributed by atoms with van der Waals surface area (Å²) >= 11 is 0. The first-order valence-electron chi connectivity index (χ1n) is 6.95. The van der Waals surface area contributed by atoms with Crippen LogP contribution in [-0.2, 0) is 6.42 Å². The van der Waals surface area contributed by atoms with Crippen LogP contribution in [0.3, 0.4) is 0 Å². The highest BCUT2D eigenvalue weighted by molar-refractivity contribution is 5.27. The van der Waals surface area contributed by atoms with Crippen LogP contribution >= 0.6 is 0 Å². The van der Waals surface area contributed by atoms with Gasteiger partial charge in [0.2, 0.25) is 0 Å². The van der Waals surface area contributed by atoms with E-state index in [4.69, 9.17) is 10.3 Å². The fraction of sp³-hybridized carbons (Fsp3) is 0.600. The highest BCUT2D eigenvalue weighted by atomic mass is 16.5. The minimum absolute atomic E-state index is 0.600. The predicted octanol–water partition coefficient (Wildman–Crippen LogP) is 4.35. The molecular formula is C15H21N3O. The van der Waals surface area contributed by atoms with Crippen molar-refractivity contribution in [3.8, 4) is 5.75 Å². The molecule has 1 aromatic carbocycles. The van der Waals surface area contributed by atoms with Crippen LogP contribution in [0.4, 0.5) is 0 Å². The van der Waals surface area contributed by atoms with Crippen molar-refractivity contribution in [3.63, 3.8) is 0 Å². The lowest BCUT2D eigenvalue weighted by atomic mass is 9.79. The molecule has 2 rings (SSSR count). The molecule has 19 heavy (non-hydrogen) atoms. The fourth-order valence-electron chi connectivity index (χ4n) is 2.87. The van der Waals surface area contributed by atoms with Crippen LogP contribution in [0.15, 0.2) is 29.4 Å². The summed E-state index contributed by atoms with van der Waals surface area (Å²) in [5, 5.41) is 3.69. The van der Waals surface area contributed by atoms with Crippen LogP contribution in [0.1, 0.15) is 31.2 Å². The zero-order chi connectivity index (χ0) is 13.5. The molecule has 0 atom stereocenters. The second-order valence-corrected chi connectivity index (χ2v) is 5.35. The number of nitrogens with zero attached hydrogens (tertiary/aromatic N) is 3. The van der Waals surface area contributed by atoms with Crippen molar-refractivity contribution in [1.82, 2.24) is 0 Å². The molecule has 0 aromatic heterocycles. The Morgan fingerprint density at radius 1 is 1.16 bits per heavy atom. The molecule has 0 unspecified atom stereocenters. The summed E-state index contributed by atoms with van der Waals surface area (Å²) in [7, 11) is 1.69. The van der Waals surface area contributed by atoms with Crippen molar-refractivity contribution >= 4 is 0 Å². The van der Waals surface area contributed by atoms with E-state index < -0.39 is 0 Å². The first-order valence-corrected chi connectivity index (χ1v) is 6.95. The molecule has 0 saturated heterocycles. The van der Waals surface area contributed by atoms with Gasteiger partial charge in [0.05, 0.1) is 7.11 Å². The van der Waals surface area contributed by atoms with E-state index in [1.165, 1.54) is 31.2 Å². The first-order chi connectivity index (χ1) is 9.31. The summed E-state index contributed by atoms with van der Waals surface area (Å²) in [6, 6.07) is 8.38. The van der Waals surface area contributed by atoms with Crippen LogP contribution in [-0.4, -0.2) is 13.7 Å². The Kier molecular flexibility index (Phi) is 5.10. The molecule has 0 aliphatic heterocycles. The third kappa shape index (κ3) is 4.18. The topological polar surface area (TPSA) is 58.0 Å². The van der Waals surface area contributed by atoms with Crippen molar-refractivity contribution in [3.05, 3.63) is 40.3 Å². The van der Waals surface area contributed by atoms with E-state index in [9.17, 15) is 0 Å². The number of ether oxygens (including phenoxy) is 1. The Labute approximate surface area is 114 Å². The molecule has 1 aromatic rings. The molecular weight excluding hydrogens is 238 g/mol.